The Kier molecular flexibility index (Phi) is 9.20. The third-order valence-electron chi connectivity index (χ3n) is 10.5. The molecule has 262 valence electrons. The lowest BCUT2D eigenvalue weighted by Gasteiger charge is -2.39. The minimum atomic E-state index is -0.992. The number of alkyl carbamates (subject to hydrolysis) is 1. The summed E-state index contributed by atoms with van der Waals surface area (Å²) in [6.45, 7) is 5.32. The van der Waals surface area contributed by atoms with Gasteiger partial charge in [-0.25, -0.2) is 9.59 Å². The number of carbonyl (C=O) groups is 5. The van der Waals surface area contributed by atoms with Gasteiger partial charge in [-0.3, -0.25) is 14.4 Å². The van der Waals surface area contributed by atoms with Crippen LogP contribution < -0.4 is 20.7 Å². The van der Waals surface area contributed by atoms with E-state index >= 15 is 0 Å². The molecule has 1 aliphatic carbocycles. The molecule has 2 saturated heterocycles. The van der Waals surface area contributed by atoms with Crippen LogP contribution in [0.2, 0.25) is 0 Å². The Morgan fingerprint density at radius 3 is 2.22 bits per heavy atom. The summed E-state index contributed by atoms with van der Waals surface area (Å²) >= 11 is 0. The number of fused-ring (bicyclic) bond motifs is 5. The van der Waals surface area contributed by atoms with Gasteiger partial charge < -0.3 is 30.3 Å². The predicted octanol–water partition coefficient (Wildman–Crippen LogP) is 4.53. The number of likely N-dealkylation sites (tertiary alicyclic amines) is 1. The van der Waals surface area contributed by atoms with E-state index in [1.165, 1.54) is 11.8 Å². The summed E-state index contributed by atoms with van der Waals surface area (Å²) in [7, 11) is 0. The molecule has 3 aliphatic rings. The molecule has 0 aromatic heterocycles. The molecule has 11 nitrogen and oxygen atoms in total. The Bertz CT molecular complexity index is 1980. The minimum Gasteiger partial charge on any atom is -0.449 e. The first-order chi connectivity index (χ1) is 24.6. The maximum absolute atomic E-state index is 13.6. The highest BCUT2D eigenvalue weighted by Gasteiger charge is 2.52. The molecule has 0 bridgehead atoms. The lowest BCUT2D eigenvalue weighted by atomic mass is 9.78. The molecule has 4 aromatic carbocycles. The van der Waals surface area contributed by atoms with Crippen LogP contribution in [0, 0.1) is 11.8 Å². The van der Waals surface area contributed by atoms with Gasteiger partial charge in [-0.2, -0.15) is 0 Å². The second-order valence-electron chi connectivity index (χ2n) is 13.6. The van der Waals surface area contributed by atoms with Gasteiger partial charge in [0.15, 0.2) is 0 Å². The number of nitrogens with one attached hydrogen (secondary N) is 3. The van der Waals surface area contributed by atoms with Crippen LogP contribution in [0.25, 0.3) is 21.9 Å². The van der Waals surface area contributed by atoms with E-state index in [-0.39, 0.29) is 24.4 Å². The second-order valence-corrected chi connectivity index (χ2v) is 13.6. The second kappa shape index (κ2) is 13.9. The fraction of sp³-hybridized carbons (Fsp3) is 0.325. The van der Waals surface area contributed by atoms with Crippen molar-refractivity contribution >= 4 is 40.6 Å². The van der Waals surface area contributed by atoms with Gasteiger partial charge in [0.25, 0.3) is 0 Å². The summed E-state index contributed by atoms with van der Waals surface area (Å²) < 4.78 is 11.4. The molecular formula is C40H40N4O7. The fourth-order valence-corrected chi connectivity index (χ4v) is 7.83. The Balaban J connectivity index is 0.918. The molecule has 2 fully saturated rings. The largest absolute Gasteiger partial charge is 0.449 e. The zero-order valence-corrected chi connectivity index (χ0v) is 28.6. The van der Waals surface area contributed by atoms with Crippen LogP contribution in [-0.2, 0) is 23.9 Å². The monoisotopic (exact) mass is 688 g/mol. The van der Waals surface area contributed by atoms with Crippen molar-refractivity contribution in [1.29, 1.82) is 0 Å². The van der Waals surface area contributed by atoms with Crippen LogP contribution in [0.1, 0.15) is 44.2 Å². The van der Waals surface area contributed by atoms with Crippen LogP contribution in [0.4, 0.5) is 4.79 Å². The average molecular weight is 689 g/mol. The van der Waals surface area contributed by atoms with Gasteiger partial charge in [0.1, 0.15) is 36.5 Å². The zero-order chi connectivity index (χ0) is 35.8. The Labute approximate surface area is 295 Å². The summed E-state index contributed by atoms with van der Waals surface area (Å²) in [6.07, 6.45) is -0.231. The minimum absolute atomic E-state index is 0.100. The number of esters is 1. The maximum Gasteiger partial charge on any atom is 0.407 e. The molecule has 6 unspecified atom stereocenters. The molecule has 0 spiro atoms. The number of nitrogens with zero attached hydrogens (tertiary/aromatic N) is 1. The highest BCUT2D eigenvalue weighted by atomic mass is 16.5. The number of rotatable bonds is 8. The quantitative estimate of drug-likeness (QED) is 0.182. The number of benzene rings is 4. The lowest BCUT2D eigenvalue weighted by molar-refractivity contribution is -0.149. The van der Waals surface area contributed by atoms with Gasteiger partial charge in [0.2, 0.25) is 17.7 Å². The van der Waals surface area contributed by atoms with Crippen molar-refractivity contribution in [3.8, 4) is 16.9 Å². The number of ether oxygens (including phenoxy) is 2. The van der Waals surface area contributed by atoms with Crippen LogP contribution in [0.3, 0.4) is 0 Å². The zero-order valence-electron chi connectivity index (χ0n) is 28.6. The average Bonchev–Trinajstić information content (AvgIpc) is 3.73. The van der Waals surface area contributed by atoms with Crippen molar-refractivity contribution in [3.63, 3.8) is 0 Å². The van der Waals surface area contributed by atoms with E-state index in [0.717, 1.165) is 33.0 Å². The number of amides is 4. The molecule has 4 aromatic rings. The molecule has 6 atom stereocenters. The number of piperidine rings is 1. The first-order valence-corrected chi connectivity index (χ1v) is 17.3. The van der Waals surface area contributed by atoms with E-state index in [1.54, 1.807) is 13.0 Å². The Morgan fingerprint density at radius 1 is 0.843 bits per heavy atom. The first-order valence-electron chi connectivity index (χ1n) is 17.3. The van der Waals surface area contributed by atoms with Crippen molar-refractivity contribution in [3.05, 3.63) is 102 Å². The molecule has 4 amide bonds. The molecule has 2 aliphatic heterocycles. The highest BCUT2D eigenvalue weighted by molar-refractivity contribution is 5.97. The molecule has 3 N–H and O–H groups in total. The Morgan fingerprint density at radius 2 is 1.49 bits per heavy atom. The van der Waals surface area contributed by atoms with E-state index < -0.39 is 54.0 Å². The van der Waals surface area contributed by atoms with Crippen LogP contribution >= 0.6 is 0 Å². The third kappa shape index (κ3) is 6.40. The molecule has 51 heavy (non-hydrogen) atoms. The molecule has 11 heteroatoms. The molecule has 7 rings (SSSR count). The summed E-state index contributed by atoms with van der Waals surface area (Å²) in [5, 5.41) is 9.74. The molecule has 2 heterocycles. The highest BCUT2D eigenvalue weighted by Crippen LogP contribution is 2.44. The van der Waals surface area contributed by atoms with Gasteiger partial charge in [0, 0.05) is 17.8 Å². The maximum atomic E-state index is 13.6. The standard InChI is InChI=1S/C40H40N4O7/c1-22-26-19-20-44(35(26)37(46)43-34(22)39(48)51-33-18-10-12-25-11-4-5-13-27(25)33)38(47)24(3)41-36(45)23(2)42-40(49)50-21-32-30-16-8-6-14-28(30)29-15-7-9-17-31(29)32/h4-18,22-24,26,32,34-35H,19-21H2,1-3H3,(H,41,45)(H,42,49)(H,43,46). The van der Waals surface area contributed by atoms with Crippen molar-refractivity contribution in [2.75, 3.05) is 13.2 Å². The fourth-order valence-electron chi connectivity index (χ4n) is 7.83. The van der Waals surface area contributed by atoms with E-state index in [4.69, 9.17) is 9.47 Å². The third-order valence-corrected chi connectivity index (χ3v) is 10.5. The van der Waals surface area contributed by atoms with Gasteiger partial charge >= 0.3 is 12.1 Å². The number of hydrogen-bond acceptors (Lipinski definition) is 7. The van der Waals surface area contributed by atoms with Gasteiger partial charge in [-0.1, -0.05) is 91.9 Å². The Hall–Kier alpha value is -5.71. The van der Waals surface area contributed by atoms with Crippen LogP contribution in [0.5, 0.6) is 5.75 Å². The van der Waals surface area contributed by atoms with Crippen molar-refractivity contribution in [2.45, 2.75) is 57.3 Å². The number of hydrogen-bond donors (Lipinski definition) is 3. The summed E-state index contributed by atoms with van der Waals surface area (Å²) in [4.78, 5) is 67.6. The van der Waals surface area contributed by atoms with Crippen LogP contribution in [0.15, 0.2) is 91.0 Å². The van der Waals surface area contributed by atoms with E-state index in [1.807, 2.05) is 91.9 Å². The van der Waals surface area contributed by atoms with Crippen molar-refractivity contribution in [1.82, 2.24) is 20.9 Å². The van der Waals surface area contributed by atoms with Crippen molar-refractivity contribution in [2.24, 2.45) is 11.8 Å². The van der Waals surface area contributed by atoms with Crippen molar-refractivity contribution < 1.29 is 33.4 Å². The SMILES string of the molecule is CC(NC(=O)OCC1c2ccccc2-c2ccccc21)C(=O)NC(C)C(=O)N1CCC2C(C)C(C(=O)Oc3cccc4ccccc34)NC(=O)C21. The summed E-state index contributed by atoms with van der Waals surface area (Å²) in [5.41, 5.74) is 4.37. The predicted molar refractivity (Wildman–Crippen MR) is 190 cm³/mol. The summed E-state index contributed by atoms with van der Waals surface area (Å²) in [6, 6.07) is 25.4. The first kappa shape index (κ1) is 33.8. The van der Waals surface area contributed by atoms with Gasteiger partial charge in [-0.05, 0) is 65.8 Å². The summed E-state index contributed by atoms with van der Waals surface area (Å²) in [5.74, 6) is -2.29. The van der Waals surface area contributed by atoms with Crippen LogP contribution in [-0.4, -0.2) is 72.0 Å². The normalized spacial score (nSPS) is 21.8. The van der Waals surface area contributed by atoms with E-state index in [0.29, 0.717) is 18.7 Å². The van der Waals surface area contributed by atoms with Gasteiger partial charge in [-0.15, -0.1) is 0 Å². The molecule has 0 radical (unpaired) electrons. The van der Waals surface area contributed by atoms with Gasteiger partial charge in [0.05, 0.1) is 0 Å². The lowest BCUT2D eigenvalue weighted by Crippen LogP contribution is -2.63. The topological polar surface area (TPSA) is 143 Å². The number of carbonyl (C=O) groups excluding carboxylic acids is 5. The van der Waals surface area contributed by atoms with E-state index in [9.17, 15) is 24.0 Å². The smallest absolute Gasteiger partial charge is 0.407 e. The molecular weight excluding hydrogens is 648 g/mol. The molecule has 0 saturated carbocycles. The van der Waals surface area contributed by atoms with E-state index in [2.05, 4.69) is 16.0 Å².